The van der Waals surface area contributed by atoms with Crippen LogP contribution in [0.3, 0.4) is 0 Å². The summed E-state index contributed by atoms with van der Waals surface area (Å²) in [5, 5.41) is 7.09. The highest BCUT2D eigenvalue weighted by atomic mass is 35.5. The summed E-state index contributed by atoms with van der Waals surface area (Å²) in [6.07, 6.45) is 0. The number of carbonyl (C=O) groups is 2. The zero-order valence-electron chi connectivity index (χ0n) is 16.8. The molecule has 1 aliphatic rings. The number of hydrogen-bond acceptors (Lipinski definition) is 2. The Labute approximate surface area is 230 Å². The van der Waals surface area contributed by atoms with Crippen LogP contribution in [-0.4, -0.2) is 16.1 Å². The molecule has 0 saturated heterocycles. The van der Waals surface area contributed by atoms with E-state index >= 15 is 0 Å². The minimum Gasteiger partial charge on any atom is -0.326 e. The monoisotopic (exact) mass is 594 g/mol. The maximum Gasteiger partial charge on any atom is 0.257 e. The molecule has 4 nitrogen and oxygen atoms in total. The third kappa shape index (κ3) is 5.39. The first-order valence-corrected chi connectivity index (χ1v) is 12.3. The Kier molecular flexibility index (Phi) is 7.52. The second-order valence-electron chi connectivity index (χ2n) is 7.60. The first kappa shape index (κ1) is 25.7. The molecule has 0 heterocycles. The van der Waals surface area contributed by atoms with E-state index in [9.17, 15) is 9.59 Å². The van der Waals surface area contributed by atoms with Crippen molar-refractivity contribution in [2.75, 3.05) is 10.6 Å². The predicted octanol–water partition coefficient (Wildman–Crippen LogP) is 8.73. The summed E-state index contributed by atoms with van der Waals surface area (Å²) in [5.74, 6) is -2.18. The lowest BCUT2D eigenvalue weighted by molar-refractivity contribution is -0.117. The first-order valence-electron chi connectivity index (χ1n) is 9.68. The van der Waals surface area contributed by atoms with E-state index in [0.29, 0.717) is 32.0 Å². The predicted molar refractivity (Wildman–Crippen MR) is 142 cm³/mol. The summed E-state index contributed by atoms with van der Waals surface area (Å²) in [6, 6.07) is 14.1. The second-order valence-corrected chi connectivity index (χ2v) is 11.1. The summed E-state index contributed by atoms with van der Waals surface area (Å²) in [4.78, 5) is 25.7. The van der Waals surface area contributed by atoms with Crippen LogP contribution in [-0.2, 0) is 4.79 Å². The van der Waals surface area contributed by atoms with E-state index in [2.05, 4.69) is 10.6 Å². The molecule has 0 aliphatic heterocycles. The van der Waals surface area contributed by atoms with Gasteiger partial charge in [-0.05, 0) is 60.2 Å². The average molecular weight is 598 g/mol. The van der Waals surface area contributed by atoms with Gasteiger partial charge in [-0.25, -0.2) is 0 Å². The minimum atomic E-state index is -1.33. The Bertz CT molecular complexity index is 1290. The minimum absolute atomic E-state index is 0.141. The summed E-state index contributed by atoms with van der Waals surface area (Å²) in [6.45, 7) is 0. The maximum absolute atomic E-state index is 13.0. The third-order valence-corrected chi connectivity index (χ3v) is 7.68. The van der Waals surface area contributed by atoms with Gasteiger partial charge < -0.3 is 10.6 Å². The van der Waals surface area contributed by atoms with Gasteiger partial charge in [0.2, 0.25) is 5.91 Å². The molecule has 2 atom stereocenters. The van der Waals surface area contributed by atoms with Crippen molar-refractivity contribution in [2.24, 2.45) is 5.92 Å². The number of carbonyl (C=O) groups excluding carboxylic acids is 2. The molecule has 1 fully saturated rings. The Hall–Kier alpha value is -1.37. The van der Waals surface area contributed by atoms with Crippen molar-refractivity contribution in [3.05, 3.63) is 90.8 Å². The molecule has 0 bridgehead atoms. The number of hydrogen-bond donors (Lipinski definition) is 2. The van der Waals surface area contributed by atoms with E-state index < -0.39 is 28.0 Å². The summed E-state index contributed by atoms with van der Waals surface area (Å²) < 4.78 is -1.33. The number of rotatable bonds is 5. The Balaban J connectivity index is 1.51. The topological polar surface area (TPSA) is 58.2 Å². The van der Waals surface area contributed by atoms with Gasteiger partial charge in [-0.2, -0.15) is 0 Å². The SMILES string of the molecule is O=C(Nc1ccc(Cl)c(Cl)c1)c1cc(NC(=O)[C@@H]2[C@@H](c3cc(Cl)cc(Cl)c3)C2(Cl)Cl)ccc1Cl. The molecule has 4 rings (SSSR count). The van der Waals surface area contributed by atoms with Crippen LogP contribution in [0.2, 0.25) is 25.1 Å². The maximum atomic E-state index is 13.0. The quantitative estimate of drug-likeness (QED) is 0.289. The van der Waals surface area contributed by atoms with Crippen molar-refractivity contribution in [3.8, 4) is 0 Å². The van der Waals surface area contributed by atoms with Crippen molar-refractivity contribution in [3.63, 3.8) is 0 Å². The molecule has 3 aromatic rings. The van der Waals surface area contributed by atoms with Crippen molar-refractivity contribution in [2.45, 2.75) is 10.3 Å². The molecule has 34 heavy (non-hydrogen) atoms. The van der Waals surface area contributed by atoms with Crippen LogP contribution >= 0.6 is 81.2 Å². The van der Waals surface area contributed by atoms with E-state index in [1.54, 1.807) is 36.4 Å². The second kappa shape index (κ2) is 9.94. The zero-order chi connectivity index (χ0) is 24.8. The number of alkyl halides is 2. The third-order valence-electron chi connectivity index (χ3n) is 5.24. The molecule has 3 aromatic carbocycles. The van der Waals surface area contributed by atoms with E-state index in [0.717, 1.165) is 0 Å². The molecule has 0 radical (unpaired) electrons. The van der Waals surface area contributed by atoms with E-state index in [-0.39, 0.29) is 15.6 Å². The smallest absolute Gasteiger partial charge is 0.257 e. The summed E-state index contributed by atoms with van der Waals surface area (Å²) >= 11 is 43.1. The van der Waals surface area contributed by atoms with Gasteiger partial charge in [0, 0.05) is 27.3 Å². The molecule has 2 amide bonds. The van der Waals surface area contributed by atoms with Crippen molar-refractivity contribution in [1.29, 1.82) is 0 Å². The standard InChI is InChI=1S/C23H13Cl7N2O2/c24-11-5-10(6-12(25)7-11)19-20(23(19,29)30)22(34)32-13-1-3-16(26)15(8-13)21(33)31-14-2-4-17(27)18(28)9-14/h1-9,19-20H,(H,31,33)(H,32,34)/t19-,20+/m1/s1. The van der Waals surface area contributed by atoms with Gasteiger partial charge >= 0.3 is 0 Å². The Morgan fingerprint density at radius 1 is 0.706 bits per heavy atom. The lowest BCUT2D eigenvalue weighted by atomic mass is 10.1. The van der Waals surface area contributed by atoms with Crippen LogP contribution in [0.5, 0.6) is 0 Å². The van der Waals surface area contributed by atoms with Gasteiger partial charge in [-0.3, -0.25) is 9.59 Å². The van der Waals surface area contributed by atoms with Gasteiger partial charge in [0.25, 0.3) is 5.91 Å². The van der Waals surface area contributed by atoms with Crippen LogP contribution in [0.4, 0.5) is 11.4 Å². The molecular formula is C23H13Cl7N2O2. The first-order chi connectivity index (χ1) is 16.0. The van der Waals surface area contributed by atoms with E-state index in [4.69, 9.17) is 81.2 Å². The molecular weight excluding hydrogens is 584 g/mol. The summed E-state index contributed by atoms with van der Waals surface area (Å²) in [7, 11) is 0. The summed E-state index contributed by atoms with van der Waals surface area (Å²) in [5.41, 5.74) is 1.57. The van der Waals surface area contributed by atoms with Gasteiger partial charge in [0.05, 0.1) is 26.5 Å². The van der Waals surface area contributed by atoms with Crippen molar-refractivity contribution < 1.29 is 9.59 Å². The van der Waals surface area contributed by atoms with Crippen molar-refractivity contribution in [1.82, 2.24) is 0 Å². The van der Waals surface area contributed by atoms with Crippen LogP contribution < -0.4 is 10.6 Å². The fraction of sp³-hybridized carbons (Fsp3) is 0.130. The Morgan fingerprint density at radius 2 is 1.29 bits per heavy atom. The lowest BCUT2D eigenvalue weighted by Gasteiger charge is -2.11. The van der Waals surface area contributed by atoms with Gasteiger partial charge in [-0.1, -0.05) is 58.0 Å². The number of benzene rings is 3. The highest BCUT2D eigenvalue weighted by molar-refractivity contribution is 6.53. The van der Waals surface area contributed by atoms with E-state index in [1.165, 1.54) is 18.2 Å². The van der Waals surface area contributed by atoms with E-state index in [1.807, 2.05) is 0 Å². The largest absolute Gasteiger partial charge is 0.326 e. The molecule has 1 saturated carbocycles. The normalized spacial score (nSPS) is 18.3. The van der Waals surface area contributed by atoms with Crippen molar-refractivity contribution >= 4 is 104 Å². The highest BCUT2D eigenvalue weighted by Gasteiger charge is 2.67. The van der Waals surface area contributed by atoms with Crippen LogP contribution in [0.25, 0.3) is 0 Å². The molecule has 176 valence electrons. The van der Waals surface area contributed by atoms with Crippen LogP contribution in [0.15, 0.2) is 54.6 Å². The molecule has 1 aliphatic carbocycles. The zero-order valence-corrected chi connectivity index (χ0v) is 22.1. The van der Waals surface area contributed by atoms with Gasteiger partial charge in [0.1, 0.15) is 4.33 Å². The number of halogens is 7. The molecule has 2 N–H and O–H groups in total. The lowest BCUT2D eigenvalue weighted by Crippen LogP contribution is -2.18. The van der Waals surface area contributed by atoms with Crippen LogP contribution in [0, 0.1) is 5.92 Å². The van der Waals surface area contributed by atoms with Crippen LogP contribution in [0.1, 0.15) is 21.8 Å². The number of amides is 2. The van der Waals surface area contributed by atoms with Gasteiger partial charge in [-0.15, -0.1) is 23.2 Å². The fourth-order valence-corrected chi connectivity index (χ4v) is 5.46. The molecule has 11 heteroatoms. The number of nitrogens with one attached hydrogen (secondary N) is 2. The number of anilines is 2. The molecule has 0 aromatic heterocycles. The Morgan fingerprint density at radius 3 is 1.91 bits per heavy atom. The highest BCUT2D eigenvalue weighted by Crippen LogP contribution is 2.65. The molecule has 0 unspecified atom stereocenters. The molecule has 0 spiro atoms. The van der Waals surface area contributed by atoms with Gasteiger partial charge in [0.15, 0.2) is 0 Å². The fourth-order valence-electron chi connectivity index (χ4n) is 3.59. The average Bonchev–Trinajstić information content (AvgIpc) is 3.33.